The van der Waals surface area contributed by atoms with Gasteiger partial charge in [-0.2, -0.15) is 0 Å². The molecule has 0 aliphatic rings. The highest BCUT2D eigenvalue weighted by Crippen LogP contribution is 2.28. The molecule has 6 nitrogen and oxygen atoms in total. The molecule has 1 amide bonds. The summed E-state index contributed by atoms with van der Waals surface area (Å²) in [5.74, 6) is 1.40. The molecule has 0 bridgehead atoms. The highest BCUT2D eigenvalue weighted by molar-refractivity contribution is 5.87. The van der Waals surface area contributed by atoms with E-state index in [-0.39, 0.29) is 13.2 Å². The number of carbonyl (C=O) groups excluding carboxylic acids is 2. The van der Waals surface area contributed by atoms with Gasteiger partial charge in [-0.05, 0) is 54.1 Å². The molecule has 0 fully saturated rings. The first-order chi connectivity index (χ1) is 14.0. The van der Waals surface area contributed by atoms with Crippen molar-refractivity contribution in [2.24, 2.45) is 0 Å². The first-order valence-electron chi connectivity index (χ1n) is 9.06. The third-order valence-electron chi connectivity index (χ3n) is 3.93. The Morgan fingerprint density at radius 1 is 0.897 bits per heavy atom. The molecule has 0 heterocycles. The Hall–Kier alpha value is -3.80. The molecule has 0 spiro atoms. The maximum absolute atomic E-state index is 11.9. The number of rotatable bonds is 7. The van der Waals surface area contributed by atoms with Gasteiger partial charge < -0.3 is 19.5 Å². The third-order valence-corrected chi connectivity index (χ3v) is 3.93. The van der Waals surface area contributed by atoms with Crippen molar-refractivity contribution in [3.8, 4) is 17.2 Å². The van der Waals surface area contributed by atoms with E-state index in [9.17, 15) is 9.59 Å². The summed E-state index contributed by atoms with van der Waals surface area (Å²) in [6.07, 6.45) is -0.625. The minimum atomic E-state index is -0.625. The molecule has 6 heteroatoms. The zero-order valence-corrected chi connectivity index (χ0v) is 16.0. The number of amides is 1. The fourth-order valence-electron chi connectivity index (χ4n) is 2.52. The van der Waals surface area contributed by atoms with E-state index in [0.29, 0.717) is 11.3 Å². The van der Waals surface area contributed by atoms with Gasteiger partial charge in [-0.1, -0.05) is 36.9 Å². The van der Waals surface area contributed by atoms with Gasteiger partial charge in [-0.3, -0.25) is 0 Å². The van der Waals surface area contributed by atoms with E-state index in [1.807, 2.05) is 54.6 Å². The fraction of sp³-hybridized carbons (Fsp3) is 0.130. The summed E-state index contributed by atoms with van der Waals surface area (Å²) in [5, 5.41) is 4.39. The Bertz CT molecular complexity index is 1030. The van der Waals surface area contributed by atoms with E-state index < -0.39 is 12.1 Å². The topological polar surface area (TPSA) is 73.9 Å². The van der Waals surface area contributed by atoms with Gasteiger partial charge in [-0.15, -0.1) is 0 Å². The van der Waals surface area contributed by atoms with Gasteiger partial charge in [0.25, 0.3) is 0 Å². The van der Waals surface area contributed by atoms with Gasteiger partial charge in [0.05, 0.1) is 6.54 Å². The largest absolute Gasteiger partial charge is 0.460 e. The Kier molecular flexibility index (Phi) is 6.47. The molecule has 0 radical (unpaired) electrons. The molecule has 0 aliphatic carbocycles. The lowest BCUT2D eigenvalue weighted by Crippen LogP contribution is -2.30. The molecule has 29 heavy (non-hydrogen) atoms. The summed E-state index contributed by atoms with van der Waals surface area (Å²) in [6.45, 7) is 5.23. The minimum Gasteiger partial charge on any atom is -0.460 e. The standard InChI is InChI=1S/C23H21NO5/c1-16(2)22(25)27-13-12-24-23(26)29-21-11-9-17-14-20(10-8-18(17)15-21)28-19-6-4-3-5-7-19/h3-11,14-15H,1,12-13H2,2H3,(H,24,26). The molecular weight excluding hydrogens is 370 g/mol. The number of hydrogen-bond acceptors (Lipinski definition) is 5. The SMILES string of the molecule is C=C(C)C(=O)OCCNC(=O)Oc1ccc2cc(Oc3ccccc3)ccc2c1. The van der Waals surface area contributed by atoms with E-state index in [1.54, 1.807) is 19.1 Å². The Morgan fingerprint density at radius 2 is 1.55 bits per heavy atom. The van der Waals surface area contributed by atoms with E-state index in [2.05, 4.69) is 11.9 Å². The number of fused-ring (bicyclic) bond motifs is 1. The van der Waals surface area contributed by atoms with E-state index in [0.717, 1.165) is 22.3 Å². The molecular formula is C23H21NO5. The molecule has 0 unspecified atom stereocenters. The normalized spacial score (nSPS) is 10.2. The smallest absolute Gasteiger partial charge is 0.412 e. The molecule has 148 valence electrons. The summed E-state index contributed by atoms with van der Waals surface area (Å²) in [7, 11) is 0. The molecule has 3 aromatic carbocycles. The predicted octanol–water partition coefficient (Wildman–Crippen LogP) is 4.84. The lowest BCUT2D eigenvalue weighted by atomic mass is 10.1. The zero-order chi connectivity index (χ0) is 20.6. The van der Waals surface area contributed by atoms with Crippen LogP contribution in [0.5, 0.6) is 17.2 Å². The minimum absolute atomic E-state index is 0.0444. The number of benzene rings is 3. The maximum Gasteiger partial charge on any atom is 0.412 e. The van der Waals surface area contributed by atoms with Crippen molar-refractivity contribution in [2.45, 2.75) is 6.92 Å². The second-order valence-electron chi connectivity index (χ2n) is 6.32. The van der Waals surface area contributed by atoms with Crippen molar-refractivity contribution in [2.75, 3.05) is 13.2 Å². The van der Waals surface area contributed by atoms with Crippen LogP contribution in [0, 0.1) is 0 Å². The van der Waals surface area contributed by atoms with Crippen LogP contribution in [0.4, 0.5) is 4.79 Å². The number of hydrogen-bond donors (Lipinski definition) is 1. The van der Waals surface area contributed by atoms with Crippen molar-refractivity contribution in [3.05, 3.63) is 78.9 Å². The van der Waals surface area contributed by atoms with Crippen LogP contribution in [0.2, 0.25) is 0 Å². The van der Waals surface area contributed by atoms with Crippen molar-refractivity contribution >= 4 is 22.8 Å². The van der Waals surface area contributed by atoms with Crippen LogP contribution < -0.4 is 14.8 Å². The van der Waals surface area contributed by atoms with Crippen molar-refractivity contribution in [3.63, 3.8) is 0 Å². The summed E-state index contributed by atoms with van der Waals surface area (Å²) >= 11 is 0. The lowest BCUT2D eigenvalue weighted by Gasteiger charge is -2.09. The highest BCUT2D eigenvalue weighted by Gasteiger charge is 2.07. The van der Waals surface area contributed by atoms with Crippen LogP contribution >= 0.6 is 0 Å². The Morgan fingerprint density at radius 3 is 2.24 bits per heavy atom. The van der Waals surface area contributed by atoms with Crippen LogP contribution in [-0.4, -0.2) is 25.2 Å². The summed E-state index contributed by atoms with van der Waals surface area (Å²) in [5.41, 5.74) is 0.307. The molecule has 0 aliphatic heterocycles. The monoisotopic (exact) mass is 391 g/mol. The van der Waals surface area contributed by atoms with Crippen LogP contribution in [0.15, 0.2) is 78.9 Å². The molecule has 0 saturated heterocycles. The highest BCUT2D eigenvalue weighted by atomic mass is 16.6. The average Bonchev–Trinajstić information content (AvgIpc) is 2.72. The van der Waals surface area contributed by atoms with Gasteiger partial charge in [-0.25, -0.2) is 9.59 Å². The maximum atomic E-state index is 11.9. The number of ether oxygens (including phenoxy) is 3. The molecule has 3 rings (SSSR count). The Balaban J connectivity index is 1.55. The van der Waals surface area contributed by atoms with E-state index in [4.69, 9.17) is 14.2 Å². The van der Waals surface area contributed by atoms with E-state index >= 15 is 0 Å². The van der Waals surface area contributed by atoms with Crippen LogP contribution in [0.3, 0.4) is 0 Å². The molecule has 0 aromatic heterocycles. The Labute approximate surface area is 168 Å². The third kappa shape index (κ3) is 5.84. The second-order valence-corrected chi connectivity index (χ2v) is 6.32. The van der Waals surface area contributed by atoms with Crippen molar-refractivity contribution in [1.29, 1.82) is 0 Å². The van der Waals surface area contributed by atoms with Gasteiger partial charge in [0.2, 0.25) is 0 Å². The number of esters is 1. The van der Waals surface area contributed by atoms with Gasteiger partial charge in [0.15, 0.2) is 0 Å². The average molecular weight is 391 g/mol. The number of nitrogens with one attached hydrogen (secondary N) is 1. The summed E-state index contributed by atoms with van der Waals surface area (Å²) in [6, 6.07) is 20.5. The van der Waals surface area contributed by atoms with Gasteiger partial charge >= 0.3 is 12.1 Å². The second kappa shape index (κ2) is 9.41. The molecule has 1 N–H and O–H groups in total. The zero-order valence-electron chi connectivity index (χ0n) is 16.0. The number of para-hydroxylation sites is 1. The predicted molar refractivity (Wildman–Crippen MR) is 110 cm³/mol. The lowest BCUT2D eigenvalue weighted by molar-refractivity contribution is -0.138. The molecule has 0 saturated carbocycles. The molecule has 3 aromatic rings. The van der Waals surface area contributed by atoms with Crippen molar-refractivity contribution in [1.82, 2.24) is 5.32 Å². The van der Waals surface area contributed by atoms with Crippen LogP contribution in [0.25, 0.3) is 10.8 Å². The molecule has 0 atom stereocenters. The quantitative estimate of drug-likeness (QED) is 0.354. The van der Waals surface area contributed by atoms with Crippen molar-refractivity contribution < 1.29 is 23.8 Å². The van der Waals surface area contributed by atoms with Crippen LogP contribution in [-0.2, 0) is 9.53 Å². The van der Waals surface area contributed by atoms with E-state index in [1.165, 1.54) is 0 Å². The summed E-state index contributed by atoms with van der Waals surface area (Å²) in [4.78, 5) is 23.1. The number of carbonyl (C=O) groups is 2. The first kappa shape index (κ1) is 19.9. The first-order valence-corrected chi connectivity index (χ1v) is 9.06. The summed E-state index contributed by atoms with van der Waals surface area (Å²) < 4.78 is 16.0. The van der Waals surface area contributed by atoms with Gasteiger partial charge in [0, 0.05) is 5.57 Å². The van der Waals surface area contributed by atoms with Gasteiger partial charge in [0.1, 0.15) is 23.9 Å². The van der Waals surface area contributed by atoms with Crippen LogP contribution in [0.1, 0.15) is 6.92 Å². The fourth-order valence-corrected chi connectivity index (χ4v) is 2.52.